The third-order valence-electron chi connectivity index (χ3n) is 9.93. The lowest BCUT2D eigenvalue weighted by Crippen LogP contribution is -1.91. The Morgan fingerprint density at radius 3 is 1.49 bits per heavy atom. The van der Waals surface area contributed by atoms with E-state index in [0.717, 1.165) is 49.4 Å². The number of hydrogen-bond donors (Lipinski definition) is 0. The first-order valence-electron chi connectivity index (χ1n) is 17.3. The first-order valence-corrected chi connectivity index (χ1v) is 16.8. The molecule has 0 amide bonds. The van der Waals surface area contributed by atoms with Gasteiger partial charge in [0.2, 0.25) is 0 Å². The van der Waals surface area contributed by atoms with Crippen molar-refractivity contribution in [3.8, 4) is 44.5 Å². The van der Waals surface area contributed by atoms with Gasteiger partial charge in [-0.2, -0.15) is 0 Å². The summed E-state index contributed by atoms with van der Waals surface area (Å²) in [5.74, 6) is 0. The van der Waals surface area contributed by atoms with E-state index in [1.807, 2.05) is 36.4 Å². The molecule has 49 heavy (non-hydrogen) atoms. The van der Waals surface area contributed by atoms with Gasteiger partial charge in [0.05, 0.1) is 1.37 Å². The van der Waals surface area contributed by atoms with Gasteiger partial charge in [-0.05, 0) is 89.4 Å². The second kappa shape index (κ2) is 11.1. The van der Waals surface area contributed by atoms with E-state index >= 15 is 0 Å². The molecule has 0 bridgehead atoms. The Morgan fingerprint density at radius 2 is 0.816 bits per heavy atom. The highest BCUT2D eigenvalue weighted by molar-refractivity contribution is 6.22. The van der Waals surface area contributed by atoms with Gasteiger partial charge in [0.1, 0.15) is 11.2 Å². The molecule has 228 valence electrons. The molecule has 0 aliphatic heterocycles. The highest BCUT2D eigenvalue weighted by atomic mass is 16.3. The van der Waals surface area contributed by atoms with E-state index in [-0.39, 0.29) is 0 Å². The van der Waals surface area contributed by atoms with E-state index in [9.17, 15) is 0 Å². The summed E-state index contributed by atoms with van der Waals surface area (Å²) in [6.07, 6.45) is 0. The summed E-state index contributed by atoms with van der Waals surface area (Å²) in [4.78, 5) is 0. The third kappa shape index (κ3) is 4.40. The summed E-state index contributed by atoms with van der Waals surface area (Å²) in [6.45, 7) is 0. The van der Waals surface area contributed by atoms with Crippen LogP contribution in [0, 0.1) is 0 Å². The molecule has 1 heterocycles. The molecule has 0 aliphatic rings. The molecular weight excluding hydrogens is 593 g/mol. The maximum absolute atomic E-state index is 9.17. The second-order valence-electron chi connectivity index (χ2n) is 12.7. The lowest BCUT2D eigenvalue weighted by atomic mass is 9.85. The normalized spacial score (nSPS) is 12.0. The Bertz CT molecular complexity index is 2860. The molecular formula is C48H30O. The van der Waals surface area contributed by atoms with E-state index in [1.165, 1.54) is 49.4 Å². The number of benzene rings is 9. The summed E-state index contributed by atoms with van der Waals surface area (Å²) in [5.41, 5.74) is 10.9. The minimum absolute atomic E-state index is 0.508. The molecule has 1 aromatic heterocycles. The topological polar surface area (TPSA) is 13.1 Å². The standard InChI is InChI=1S/C48H30O/c1-2-13-31(14-3-1)34-16-12-17-36(29-34)46-41-22-8-6-20-39(41)45(40-21-7-9-23-42(40)46)32-25-27-33(28-26-32)47-37-18-5-4-15-35(37)30-43-38-19-10-11-24-44(38)49-48(43)47/h1-30H/i30D. The number of furan rings is 1. The monoisotopic (exact) mass is 623 g/mol. The fraction of sp³-hybridized carbons (Fsp3) is 0. The average Bonchev–Trinajstić information content (AvgIpc) is 3.57. The average molecular weight is 624 g/mol. The van der Waals surface area contributed by atoms with Crippen LogP contribution in [0.25, 0.3) is 98.8 Å². The Balaban J connectivity index is 1.19. The van der Waals surface area contributed by atoms with Crippen LogP contribution < -0.4 is 0 Å². The van der Waals surface area contributed by atoms with Crippen LogP contribution in [0.5, 0.6) is 0 Å². The van der Waals surface area contributed by atoms with Crippen LogP contribution >= 0.6 is 0 Å². The van der Waals surface area contributed by atoms with Crippen LogP contribution in [0.2, 0.25) is 0 Å². The largest absolute Gasteiger partial charge is 0.455 e. The number of hydrogen-bond acceptors (Lipinski definition) is 1. The summed E-state index contributed by atoms with van der Waals surface area (Å²) < 4.78 is 15.7. The van der Waals surface area contributed by atoms with Crippen molar-refractivity contribution in [3.63, 3.8) is 0 Å². The number of para-hydroxylation sites is 1. The predicted octanol–water partition coefficient (Wildman–Crippen LogP) is 13.7. The lowest BCUT2D eigenvalue weighted by molar-refractivity contribution is 0.670. The Labute approximate surface area is 285 Å². The van der Waals surface area contributed by atoms with Crippen LogP contribution in [0.15, 0.2) is 186 Å². The smallest absolute Gasteiger partial charge is 0.143 e. The second-order valence-corrected chi connectivity index (χ2v) is 12.7. The molecule has 0 saturated heterocycles. The molecule has 0 aliphatic carbocycles. The molecule has 0 spiro atoms. The van der Waals surface area contributed by atoms with E-state index < -0.39 is 0 Å². The molecule has 0 fully saturated rings. The van der Waals surface area contributed by atoms with Crippen molar-refractivity contribution >= 4 is 54.3 Å². The SMILES string of the molecule is [2H]c1c2ccccc2c(-c2ccc(-c3c4ccccc4c(-c4cccc(-c5ccccc5)c4)c4ccccc34)cc2)c2oc3ccccc3c12. The fourth-order valence-electron chi connectivity index (χ4n) is 7.74. The van der Waals surface area contributed by atoms with Gasteiger partial charge in [-0.25, -0.2) is 0 Å². The van der Waals surface area contributed by atoms with Gasteiger partial charge < -0.3 is 4.42 Å². The van der Waals surface area contributed by atoms with Crippen LogP contribution in [-0.4, -0.2) is 0 Å². The van der Waals surface area contributed by atoms with E-state index in [2.05, 4.69) is 140 Å². The Morgan fingerprint density at radius 1 is 0.327 bits per heavy atom. The van der Waals surface area contributed by atoms with E-state index in [0.29, 0.717) is 6.04 Å². The summed E-state index contributed by atoms with van der Waals surface area (Å²) in [6, 6.07) is 62.8. The third-order valence-corrected chi connectivity index (χ3v) is 9.93. The lowest BCUT2D eigenvalue weighted by Gasteiger charge is -2.18. The molecule has 0 N–H and O–H groups in total. The van der Waals surface area contributed by atoms with E-state index in [4.69, 9.17) is 5.79 Å². The summed E-state index contributed by atoms with van der Waals surface area (Å²) >= 11 is 0. The van der Waals surface area contributed by atoms with Crippen LogP contribution in [0.1, 0.15) is 1.37 Å². The fourth-order valence-corrected chi connectivity index (χ4v) is 7.74. The Kier molecular flexibility index (Phi) is 6.02. The van der Waals surface area contributed by atoms with Crippen molar-refractivity contribution in [1.82, 2.24) is 0 Å². The van der Waals surface area contributed by atoms with Gasteiger partial charge in [-0.1, -0.05) is 164 Å². The van der Waals surface area contributed by atoms with Crippen molar-refractivity contribution in [2.75, 3.05) is 0 Å². The highest BCUT2D eigenvalue weighted by Gasteiger charge is 2.19. The molecule has 0 unspecified atom stereocenters. The van der Waals surface area contributed by atoms with E-state index in [1.54, 1.807) is 0 Å². The van der Waals surface area contributed by atoms with Gasteiger partial charge in [0.15, 0.2) is 0 Å². The molecule has 1 heteroatoms. The minimum atomic E-state index is 0.508. The number of fused-ring (bicyclic) bond motifs is 6. The quantitative estimate of drug-likeness (QED) is 0.178. The maximum Gasteiger partial charge on any atom is 0.143 e. The van der Waals surface area contributed by atoms with Crippen molar-refractivity contribution in [1.29, 1.82) is 0 Å². The molecule has 10 rings (SSSR count). The first-order chi connectivity index (χ1) is 24.7. The first kappa shape index (κ1) is 26.6. The zero-order valence-corrected chi connectivity index (χ0v) is 26.7. The van der Waals surface area contributed by atoms with Gasteiger partial charge >= 0.3 is 0 Å². The van der Waals surface area contributed by atoms with Crippen LogP contribution in [0.3, 0.4) is 0 Å². The summed E-state index contributed by atoms with van der Waals surface area (Å²) in [7, 11) is 0. The summed E-state index contributed by atoms with van der Waals surface area (Å²) in [5, 5.41) is 8.70. The van der Waals surface area contributed by atoms with Crippen molar-refractivity contribution < 1.29 is 5.79 Å². The molecule has 10 aromatic rings. The van der Waals surface area contributed by atoms with Gasteiger partial charge in [-0.15, -0.1) is 0 Å². The zero-order chi connectivity index (χ0) is 33.2. The van der Waals surface area contributed by atoms with Crippen LogP contribution in [-0.2, 0) is 0 Å². The molecule has 0 saturated carbocycles. The maximum atomic E-state index is 9.17. The molecule has 9 aromatic carbocycles. The molecule has 0 atom stereocenters. The molecule has 0 radical (unpaired) electrons. The van der Waals surface area contributed by atoms with Gasteiger partial charge in [-0.3, -0.25) is 0 Å². The Hall–Kier alpha value is -6.44. The van der Waals surface area contributed by atoms with Crippen LogP contribution in [0.4, 0.5) is 0 Å². The number of rotatable bonds is 4. The zero-order valence-electron chi connectivity index (χ0n) is 27.7. The highest BCUT2D eigenvalue weighted by Crippen LogP contribution is 2.46. The van der Waals surface area contributed by atoms with Gasteiger partial charge in [0, 0.05) is 16.3 Å². The van der Waals surface area contributed by atoms with Gasteiger partial charge in [0.25, 0.3) is 0 Å². The van der Waals surface area contributed by atoms with Crippen molar-refractivity contribution in [2.24, 2.45) is 0 Å². The minimum Gasteiger partial charge on any atom is -0.455 e. The van der Waals surface area contributed by atoms with Crippen molar-refractivity contribution in [3.05, 3.63) is 182 Å². The molecule has 1 nitrogen and oxygen atoms in total. The predicted molar refractivity (Wildman–Crippen MR) is 208 cm³/mol. The van der Waals surface area contributed by atoms with Crippen molar-refractivity contribution in [2.45, 2.75) is 0 Å².